The van der Waals surface area contributed by atoms with Gasteiger partial charge in [-0.25, -0.2) is 0 Å². The van der Waals surface area contributed by atoms with Crippen molar-refractivity contribution in [2.24, 2.45) is 0 Å². The molecule has 162 valence electrons. The molecule has 1 unspecified atom stereocenters. The minimum atomic E-state index is 0.415. The Morgan fingerprint density at radius 1 is 1.16 bits per heavy atom. The molecule has 1 atom stereocenters. The minimum Gasteiger partial charge on any atom is -0.363 e. The third-order valence-corrected chi connectivity index (χ3v) is 6.83. The van der Waals surface area contributed by atoms with Crippen LogP contribution in [-0.2, 0) is 13.1 Å². The summed E-state index contributed by atoms with van der Waals surface area (Å²) in [6, 6.07) is 21.3. The van der Waals surface area contributed by atoms with Gasteiger partial charge in [0.05, 0.1) is 10.6 Å². The van der Waals surface area contributed by atoms with Crippen molar-refractivity contribution in [3.63, 3.8) is 0 Å². The number of hydrogen-bond donors (Lipinski definition) is 0. The highest BCUT2D eigenvalue weighted by molar-refractivity contribution is 7.09. The molecule has 0 amide bonds. The van der Waals surface area contributed by atoms with Crippen molar-refractivity contribution in [3.05, 3.63) is 86.6 Å². The highest BCUT2D eigenvalue weighted by Gasteiger charge is 2.29. The van der Waals surface area contributed by atoms with Crippen LogP contribution in [-0.4, -0.2) is 24.0 Å². The molecule has 1 aromatic heterocycles. The first-order valence-electron chi connectivity index (χ1n) is 10.9. The Balaban J connectivity index is 0.00000132. The highest BCUT2D eigenvalue weighted by Crippen LogP contribution is 2.30. The molecule has 5 heteroatoms. The maximum atomic E-state index is 9.23. The van der Waals surface area contributed by atoms with Gasteiger partial charge >= 0.3 is 0 Å². The molecule has 1 saturated heterocycles. The van der Waals surface area contributed by atoms with E-state index in [0.29, 0.717) is 16.6 Å². The van der Waals surface area contributed by atoms with E-state index in [4.69, 9.17) is 11.6 Å². The van der Waals surface area contributed by atoms with Gasteiger partial charge in [-0.2, -0.15) is 5.26 Å². The van der Waals surface area contributed by atoms with Crippen LogP contribution >= 0.6 is 22.9 Å². The number of nitrogens with zero attached hydrogens (tertiary/aromatic N) is 3. The molecule has 0 radical (unpaired) electrons. The number of halogens is 1. The highest BCUT2D eigenvalue weighted by atomic mass is 35.5. The SMILES string of the molecule is CC.Cc1ccccc1CN(c1ccc(C#N)c(Cl)c1)C1CCN(Cc2cccs2)C1. The molecular formula is C26H30ClN3S. The summed E-state index contributed by atoms with van der Waals surface area (Å²) in [5.74, 6) is 0. The lowest BCUT2D eigenvalue weighted by Gasteiger charge is -2.32. The third kappa shape index (κ3) is 5.89. The summed E-state index contributed by atoms with van der Waals surface area (Å²) in [6.07, 6.45) is 1.12. The summed E-state index contributed by atoms with van der Waals surface area (Å²) in [5, 5.41) is 11.9. The number of anilines is 1. The van der Waals surface area contributed by atoms with Crippen molar-refractivity contribution < 1.29 is 0 Å². The summed E-state index contributed by atoms with van der Waals surface area (Å²) in [6.45, 7) is 10.1. The van der Waals surface area contributed by atoms with Crippen LogP contribution in [0.3, 0.4) is 0 Å². The van der Waals surface area contributed by atoms with Crippen LogP contribution in [0.15, 0.2) is 60.0 Å². The molecule has 31 heavy (non-hydrogen) atoms. The van der Waals surface area contributed by atoms with Gasteiger partial charge < -0.3 is 4.90 Å². The number of thiophene rings is 1. The molecule has 2 heterocycles. The van der Waals surface area contributed by atoms with Crippen LogP contribution in [0.5, 0.6) is 0 Å². The van der Waals surface area contributed by atoms with E-state index in [1.807, 2.05) is 43.4 Å². The molecule has 3 aromatic rings. The van der Waals surface area contributed by atoms with Gasteiger partial charge in [-0.1, -0.05) is 55.8 Å². The lowest BCUT2D eigenvalue weighted by Crippen LogP contribution is -2.37. The first-order valence-corrected chi connectivity index (χ1v) is 12.2. The summed E-state index contributed by atoms with van der Waals surface area (Å²) < 4.78 is 0. The summed E-state index contributed by atoms with van der Waals surface area (Å²) in [5.41, 5.74) is 4.23. The van der Waals surface area contributed by atoms with E-state index >= 15 is 0 Å². The molecule has 0 saturated carbocycles. The first-order chi connectivity index (χ1) is 15.1. The second-order valence-electron chi connectivity index (χ2n) is 7.59. The molecule has 1 fully saturated rings. The van der Waals surface area contributed by atoms with Gasteiger partial charge in [0.15, 0.2) is 0 Å². The van der Waals surface area contributed by atoms with E-state index in [1.54, 1.807) is 0 Å². The zero-order chi connectivity index (χ0) is 22.2. The maximum absolute atomic E-state index is 9.23. The van der Waals surface area contributed by atoms with Crippen molar-refractivity contribution in [1.29, 1.82) is 5.26 Å². The Labute approximate surface area is 195 Å². The van der Waals surface area contributed by atoms with Gasteiger partial charge in [-0.05, 0) is 54.1 Å². The van der Waals surface area contributed by atoms with Gasteiger partial charge in [0.1, 0.15) is 6.07 Å². The molecule has 1 aliphatic heterocycles. The summed E-state index contributed by atoms with van der Waals surface area (Å²) in [4.78, 5) is 6.41. The van der Waals surface area contributed by atoms with Crippen molar-refractivity contribution in [2.75, 3.05) is 18.0 Å². The van der Waals surface area contributed by atoms with Crippen LogP contribution in [0.4, 0.5) is 5.69 Å². The second-order valence-corrected chi connectivity index (χ2v) is 9.03. The fourth-order valence-electron chi connectivity index (χ4n) is 4.01. The number of rotatable bonds is 6. The Hall–Kier alpha value is -2.32. The van der Waals surface area contributed by atoms with E-state index in [2.05, 4.69) is 64.6 Å². The van der Waals surface area contributed by atoms with E-state index < -0.39 is 0 Å². The number of hydrogen-bond acceptors (Lipinski definition) is 4. The van der Waals surface area contributed by atoms with Crippen LogP contribution in [0, 0.1) is 18.3 Å². The number of likely N-dealkylation sites (tertiary alicyclic amines) is 1. The standard InChI is InChI=1S/C24H24ClN3S.C2H6/c1-18-5-2-3-6-20(18)15-28(21-9-8-19(14-26)24(25)13-21)22-10-11-27(16-22)17-23-7-4-12-29-23;1-2/h2-9,12-13,22H,10-11,15-17H2,1H3;1-2H3. The number of nitriles is 1. The Kier molecular flexibility index (Phi) is 8.54. The molecule has 0 aliphatic carbocycles. The smallest absolute Gasteiger partial charge is 0.101 e. The van der Waals surface area contributed by atoms with E-state index in [0.717, 1.165) is 38.3 Å². The average molecular weight is 452 g/mol. The average Bonchev–Trinajstić information content (AvgIpc) is 3.47. The molecular weight excluding hydrogens is 422 g/mol. The van der Waals surface area contributed by atoms with Crippen molar-refractivity contribution in [3.8, 4) is 6.07 Å². The van der Waals surface area contributed by atoms with E-state index in [-0.39, 0.29) is 0 Å². The van der Waals surface area contributed by atoms with Gasteiger partial charge in [0.2, 0.25) is 0 Å². The Morgan fingerprint density at radius 3 is 2.65 bits per heavy atom. The zero-order valence-corrected chi connectivity index (χ0v) is 20.1. The van der Waals surface area contributed by atoms with Crippen LogP contribution in [0.1, 0.15) is 41.8 Å². The molecule has 0 N–H and O–H groups in total. The van der Waals surface area contributed by atoms with Crippen molar-refractivity contribution >= 4 is 28.6 Å². The summed E-state index contributed by atoms with van der Waals surface area (Å²) >= 11 is 8.20. The molecule has 3 nitrogen and oxygen atoms in total. The van der Waals surface area contributed by atoms with E-state index in [9.17, 15) is 5.26 Å². The fraction of sp³-hybridized carbons (Fsp3) is 0.346. The van der Waals surface area contributed by atoms with Gasteiger partial charge in [0, 0.05) is 42.8 Å². The molecule has 4 rings (SSSR count). The van der Waals surface area contributed by atoms with Crippen LogP contribution in [0.25, 0.3) is 0 Å². The van der Waals surface area contributed by atoms with E-state index in [1.165, 1.54) is 16.0 Å². The lowest BCUT2D eigenvalue weighted by molar-refractivity contribution is 0.327. The zero-order valence-electron chi connectivity index (χ0n) is 18.5. The first kappa shape index (κ1) is 23.3. The monoisotopic (exact) mass is 451 g/mol. The largest absolute Gasteiger partial charge is 0.363 e. The Bertz CT molecular complexity index is 1010. The second kappa shape index (κ2) is 11.3. The normalized spacial score (nSPS) is 15.8. The van der Waals surface area contributed by atoms with Gasteiger partial charge in [-0.15, -0.1) is 11.3 Å². The fourth-order valence-corrected chi connectivity index (χ4v) is 4.97. The van der Waals surface area contributed by atoms with Crippen LogP contribution in [0.2, 0.25) is 5.02 Å². The van der Waals surface area contributed by atoms with Gasteiger partial charge in [0.25, 0.3) is 0 Å². The third-order valence-electron chi connectivity index (χ3n) is 5.65. The topological polar surface area (TPSA) is 30.3 Å². The number of aryl methyl sites for hydroxylation is 1. The molecule has 2 aromatic carbocycles. The van der Waals surface area contributed by atoms with Crippen LogP contribution < -0.4 is 4.90 Å². The molecule has 0 bridgehead atoms. The predicted molar refractivity (Wildman–Crippen MR) is 133 cm³/mol. The number of benzene rings is 2. The molecule has 1 aliphatic rings. The van der Waals surface area contributed by atoms with Crippen molar-refractivity contribution in [1.82, 2.24) is 4.90 Å². The maximum Gasteiger partial charge on any atom is 0.101 e. The van der Waals surface area contributed by atoms with Gasteiger partial charge in [-0.3, -0.25) is 4.90 Å². The quantitative estimate of drug-likeness (QED) is 0.408. The van der Waals surface area contributed by atoms with Crippen molar-refractivity contribution in [2.45, 2.75) is 46.3 Å². The predicted octanol–water partition coefficient (Wildman–Crippen LogP) is 6.89. The lowest BCUT2D eigenvalue weighted by atomic mass is 10.1. The summed E-state index contributed by atoms with van der Waals surface area (Å²) in [7, 11) is 0. The molecule has 0 spiro atoms. The Morgan fingerprint density at radius 2 is 1.97 bits per heavy atom. The minimum absolute atomic E-state index is 0.415.